The van der Waals surface area contributed by atoms with Gasteiger partial charge in [0.1, 0.15) is 0 Å². The molecule has 0 bridgehead atoms. The van der Waals surface area contributed by atoms with E-state index in [9.17, 15) is 0 Å². The highest BCUT2D eigenvalue weighted by Crippen LogP contribution is 2.29. The smallest absolute Gasteiger partial charge is 0.0128 e. The maximum atomic E-state index is 2.83. The number of benzene rings is 3. The van der Waals surface area contributed by atoms with Gasteiger partial charge in [-0.3, -0.25) is 0 Å². The largest absolute Gasteiger partial charge is 0.133 e. The van der Waals surface area contributed by atoms with Crippen LogP contribution in [0.15, 0.2) is 60.7 Å². The van der Waals surface area contributed by atoms with E-state index in [2.05, 4.69) is 95.3 Å². The molecule has 0 aliphatic carbocycles. The molecule has 122 valence electrons. The fourth-order valence-electron chi connectivity index (χ4n) is 2.90. The van der Waals surface area contributed by atoms with Gasteiger partial charge in [-0.1, -0.05) is 54.6 Å². The molecule has 0 aliphatic rings. The summed E-state index contributed by atoms with van der Waals surface area (Å²) in [7, 11) is 8.44. The van der Waals surface area contributed by atoms with Crippen molar-refractivity contribution in [2.45, 2.75) is 19.2 Å². The summed E-state index contributed by atoms with van der Waals surface area (Å²) in [6, 6.07) is 22.4. The van der Waals surface area contributed by atoms with Gasteiger partial charge in [0.25, 0.3) is 0 Å². The highest BCUT2D eigenvalue weighted by Gasteiger charge is 2.05. The fraction of sp³-hybridized carbons (Fsp3) is 0.143. The number of rotatable bonds is 4. The van der Waals surface area contributed by atoms with Gasteiger partial charge in [-0.2, -0.15) is 0 Å². The first-order valence-electron chi connectivity index (χ1n) is 8.10. The molecular formula is C21H23P3. The maximum Gasteiger partial charge on any atom is -0.0128 e. The molecule has 3 heteroatoms. The predicted molar refractivity (Wildman–Crippen MR) is 118 cm³/mol. The zero-order valence-electron chi connectivity index (χ0n) is 13.9. The Morgan fingerprint density at radius 2 is 1.25 bits per heavy atom. The molecule has 0 saturated heterocycles. The topological polar surface area (TPSA) is 0 Å². The zero-order valence-corrected chi connectivity index (χ0v) is 17.4. The van der Waals surface area contributed by atoms with E-state index in [0.717, 1.165) is 12.3 Å². The van der Waals surface area contributed by atoms with Crippen LogP contribution in [0.3, 0.4) is 0 Å². The fourth-order valence-corrected chi connectivity index (χ4v) is 3.55. The summed E-state index contributed by atoms with van der Waals surface area (Å²) >= 11 is 0. The van der Waals surface area contributed by atoms with Crippen molar-refractivity contribution in [1.29, 1.82) is 0 Å². The Balaban J connectivity index is 2.06. The average molecular weight is 368 g/mol. The van der Waals surface area contributed by atoms with E-state index in [4.69, 9.17) is 0 Å². The van der Waals surface area contributed by atoms with Crippen LogP contribution in [-0.2, 0) is 12.3 Å². The van der Waals surface area contributed by atoms with Crippen LogP contribution in [-0.4, -0.2) is 0 Å². The van der Waals surface area contributed by atoms with Gasteiger partial charge in [-0.25, -0.2) is 0 Å². The lowest BCUT2D eigenvalue weighted by Crippen LogP contribution is -1.95. The molecule has 24 heavy (non-hydrogen) atoms. The third-order valence-corrected chi connectivity index (χ3v) is 5.91. The molecule has 0 heterocycles. The zero-order chi connectivity index (χ0) is 17.1. The van der Waals surface area contributed by atoms with Crippen LogP contribution in [0.4, 0.5) is 0 Å². The van der Waals surface area contributed by atoms with Crippen LogP contribution in [0.25, 0.3) is 22.3 Å². The second-order valence-corrected chi connectivity index (χ2v) is 7.54. The van der Waals surface area contributed by atoms with Crippen molar-refractivity contribution in [3.63, 3.8) is 0 Å². The highest BCUT2D eigenvalue weighted by molar-refractivity contribution is 7.27. The first-order chi connectivity index (χ1) is 11.6. The molecule has 0 spiro atoms. The summed E-state index contributed by atoms with van der Waals surface area (Å²) in [6.07, 6.45) is 1.97. The molecule has 0 fully saturated rings. The quantitative estimate of drug-likeness (QED) is 0.528. The predicted octanol–water partition coefficient (Wildman–Crippen LogP) is 5.58. The number of hydrogen-bond donors (Lipinski definition) is 0. The van der Waals surface area contributed by atoms with E-state index in [-0.39, 0.29) is 0 Å². The lowest BCUT2D eigenvalue weighted by molar-refractivity contribution is 1.33. The Morgan fingerprint density at radius 1 is 0.667 bits per heavy atom. The number of aryl methyl sites for hydroxylation is 1. The lowest BCUT2D eigenvalue weighted by atomic mass is 9.96. The van der Waals surface area contributed by atoms with Crippen molar-refractivity contribution < 1.29 is 0 Å². The van der Waals surface area contributed by atoms with Crippen LogP contribution in [0.2, 0.25) is 0 Å². The Labute approximate surface area is 152 Å². The summed E-state index contributed by atoms with van der Waals surface area (Å²) in [4.78, 5) is 0. The van der Waals surface area contributed by atoms with Crippen molar-refractivity contribution in [1.82, 2.24) is 0 Å². The first kappa shape index (κ1) is 17.8. The Kier molecular flexibility index (Phi) is 5.84. The van der Waals surface area contributed by atoms with Gasteiger partial charge < -0.3 is 0 Å². The average Bonchev–Trinajstić information content (AvgIpc) is 2.63. The molecule has 0 saturated carbocycles. The summed E-state index contributed by atoms with van der Waals surface area (Å²) < 4.78 is 0. The minimum Gasteiger partial charge on any atom is -0.133 e. The monoisotopic (exact) mass is 368 g/mol. The summed E-state index contributed by atoms with van der Waals surface area (Å²) in [5.41, 5.74) is 9.15. The van der Waals surface area contributed by atoms with E-state index in [1.807, 2.05) is 0 Å². The second kappa shape index (κ2) is 7.89. The summed E-state index contributed by atoms with van der Waals surface area (Å²) in [5, 5.41) is 1.26. The van der Waals surface area contributed by atoms with Crippen molar-refractivity contribution >= 4 is 33.0 Å². The maximum absolute atomic E-state index is 2.83. The molecule has 0 amide bonds. The molecule has 0 aliphatic heterocycles. The first-order valence-corrected chi connectivity index (χ1v) is 10.3. The van der Waals surface area contributed by atoms with Crippen molar-refractivity contribution in [3.05, 3.63) is 77.4 Å². The standard InChI is InChI=1S/C21H23P3/c1-14-7-19(5-6-21(14)24)17-3-2-4-18(11-17)20-9-15(12-22)8-16(10-20)13-23/h2-11H,12-13,22-24H2,1H3. The van der Waals surface area contributed by atoms with Crippen LogP contribution >= 0.6 is 27.7 Å². The van der Waals surface area contributed by atoms with Crippen molar-refractivity contribution in [2.75, 3.05) is 0 Å². The van der Waals surface area contributed by atoms with Gasteiger partial charge in [-0.15, -0.1) is 27.7 Å². The van der Waals surface area contributed by atoms with Crippen LogP contribution in [0, 0.1) is 6.92 Å². The summed E-state index contributed by atoms with van der Waals surface area (Å²) in [6.45, 7) is 2.16. The molecular weight excluding hydrogens is 345 g/mol. The minimum absolute atomic E-state index is 0.986. The minimum atomic E-state index is 0.986. The molecule has 3 unspecified atom stereocenters. The van der Waals surface area contributed by atoms with Crippen molar-refractivity contribution in [2.24, 2.45) is 0 Å². The lowest BCUT2D eigenvalue weighted by Gasteiger charge is -2.11. The number of hydrogen-bond acceptors (Lipinski definition) is 0. The molecule has 0 aromatic heterocycles. The molecule has 0 nitrogen and oxygen atoms in total. The molecule has 3 rings (SSSR count). The molecule has 3 aromatic carbocycles. The van der Waals surface area contributed by atoms with Crippen LogP contribution in [0.5, 0.6) is 0 Å². The Bertz CT molecular complexity index is 846. The normalized spacial score (nSPS) is 10.8. The van der Waals surface area contributed by atoms with E-state index in [1.54, 1.807) is 0 Å². The van der Waals surface area contributed by atoms with E-state index < -0.39 is 0 Å². The van der Waals surface area contributed by atoms with Crippen molar-refractivity contribution in [3.8, 4) is 22.3 Å². The molecule has 3 atom stereocenters. The van der Waals surface area contributed by atoms with Crippen LogP contribution in [0.1, 0.15) is 16.7 Å². The SMILES string of the molecule is Cc1cc(-c2cccc(-c3cc(CP)cc(CP)c3)c2)ccc1P. The third-order valence-electron chi connectivity index (χ3n) is 4.32. The summed E-state index contributed by atoms with van der Waals surface area (Å²) in [5.74, 6) is 0. The van der Waals surface area contributed by atoms with Gasteiger partial charge in [0.15, 0.2) is 0 Å². The Morgan fingerprint density at radius 3 is 1.83 bits per heavy atom. The van der Waals surface area contributed by atoms with Gasteiger partial charge in [0.05, 0.1) is 0 Å². The Hall–Kier alpha value is -1.05. The second-order valence-electron chi connectivity index (χ2n) is 6.10. The molecule has 0 radical (unpaired) electrons. The van der Waals surface area contributed by atoms with E-state index in [1.165, 1.54) is 44.2 Å². The highest BCUT2D eigenvalue weighted by atomic mass is 31.0. The van der Waals surface area contributed by atoms with E-state index in [0.29, 0.717) is 0 Å². The van der Waals surface area contributed by atoms with Gasteiger partial charge >= 0.3 is 0 Å². The van der Waals surface area contributed by atoms with Gasteiger partial charge in [0.2, 0.25) is 0 Å². The molecule has 3 aromatic rings. The van der Waals surface area contributed by atoms with Gasteiger partial charge in [0, 0.05) is 0 Å². The third kappa shape index (κ3) is 3.95. The van der Waals surface area contributed by atoms with Crippen LogP contribution < -0.4 is 5.30 Å². The van der Waals surface area contributed by atoms with Gasteiger partial charge in [-0.05, 0) is 69.6 Å². The molecule has 0 N–H and O–H groups in total. The van der Waals surface area contributed by atoms with E-state index >= 15 is 0 Å².